The molecular formula is C9H11F3N2O3. The first-order valence-electron chi connectivity index (χ1n) is 4.59. The lowest BCUT2D eigenvalue weighted by Crippen LogP contribution is -2.21. The van der Waals surface area contributed by atoms with Gasteiger partial charge in [0, 0.05) is 7.05 Å². The molecule has 0 spiro atoms. The number of hydrogen-bond acceptors (Lipinski definition) is 4. The number of ketones is 1. The summed E-state index contributed by atoms with van der Waals surface area (Å²) in [6.07, 6.45) is -3.15. The van der Waals surface area contributed by atoms with Gasteiger partial charge in [-0.1, -0.05) is 0 Å². The topological polar surface area (TPSA) is 53.4 Å². The normalized spacial score (nSPS) is 11.6. The number of ether oxygens (including phenoxy) is 2. The van der Waals surface area contributed by atoms with Crippen LogP contribution in [-0.4, -0.2) is 42.1 Å². The van der Waals surface area contributed by atoms with Gasteiger partial charge >= 0.3 is 6.18 Å². The largest absolute Gasteiger partial charge is 0.493 e. The maximum atomic E-state index is 11.8. The number of rotatable bonds is 5. The maximum Gasteiger partial charge on any atom is 0.411 e. The van der Waals surface area contributed by atoms with E-state index in [0.29, 0.717) is 0 Å². The molecule has 0 saturated carbocycles. The summed E-state index contributed by atoms with van der Waals surface area (Å²) in [6, 6.07) is 0. The Kier molecular flexibility index (Phi) is 4.11. The molecule has 0 radical (unpaired) electrons. The molecule has 0 unspecified atom stereocenters. The lowest BCUT2D eigenvalue weighted by Gasteiger charge is -2.07. The van der Waals surface area contributed by atoms with E-state index in [9.17, 15) is 18.0 Å². The summed E-state index contributed by atoms with van der Waals surface area (Å²) in [5, 5.41) is 3.76. The zero-order valence-corrected chi connectivity index (χ0v) is 9.24. The third-order valence-electron chi connectivity index (χ3n) is 1.89. The quantitative estimate of drug-likeness (QED) is 0.739. The van der Waals surface area contributed by atoms with Crippen LogP contribution in [0.1, 0.15) is 10.5 Å². The molecule has 1 heterocycles. The van der Waals surface area contributed by atoms with E-state index in [0.717, 1.165) is 0 Å². The standard InChI is InChI=1S/C9H11F3N2O3/c1-14-8(7(16-2)3-13-14)6(15)4-17-5-9(10,11)12/h3H,4-5H2,1-2H3. The number of halogens is 3. The van der Waals surface area contributed by atoms with E-state index < -0.39 is 25.2 Å². The van der Waals surface area contributed by atoms with Crippen LogP contribution in [0.15, 0.2) is 6.20 Å². The van der Waals surface area contributed by atoms with Gasteiger partial charge in [0.1, 0.15) is 18.9 Å². The van der Waals surface area contributed by atoms with Crippen LogP contribution in [-0.2, 0) is 11.8 Å². The third kappa shape index (κ3) is 3.74. The number of methoxy groups -OCH3 is 1. The molecule has 0 atom stereocenters. The Bertz CT molecular complexity index is 401. The molecule has 0 amide bonds. The Morgan fingerprint density at radius 3 is 2.71 bits per heavy atom. The molecule has 0 bridgehead atoms. The summed E-state index contributed by atoms with van der Waals surface area (Å²) in [7, 11) is 2.82. The first-order valence-corrected chi connectivity index (χ1v) is 4.59. The Morgan fingerprint density at radius 1 is 1.53 bits per heavy atom. The summed E-state index contributed by atoms with van der Waals surface area (Å²) < 4.78 is 45.7. The smallest absolute Gasteiger partial charge is 0.411 e. The predicted molar refractivity (Wildman–Crippen MR) is 51.0 cm³/mol. The van der Waals surface area contributed by atoms with Crippen molar-refractivity contribution in [1.82, 2.24) is 9.78 Å². The zero-order chi connectivity index (χ0) is 13.1. The molecule has 17 heavy (non-hydrogen) atoms. The summed E-state index contributed by atoms with van der Waals surface area (Å²) in [6.45, 7) is -2.13. The van der Waals surface area contributed by atoms with Crippen molar-refractivity contribution in [1.29, 1.82) is 0 Å². The summed E-state index contributed by atoms with van der Waals surface area (Å²) in [5.41, 5.74) is 0.0784. The fourth-order valence-electron chi connectivity index (χ4n) is 1.21. The van der Waals surface area contributed by atoms with Crippen molar-refractivity contribution in [2.45, 2.75) is 6.18 Å². The molecule has 0 aromatic carbocycles. The third-order valence-corrected chi connectivity index (χ3v) is 1.89. The number of aromatic nitrogens is 2. The van der Waals surface area contributed by atoms with E-state index >= 15 is 0 Å². The minimum Gasteiger partial charge on any atom is -0.493 e. The van der Waals surface area contributed by atoms with Crippen molar-refractivity contribution in [3.05, 3.63) is 11.9 Å². The van der Waals surface area contributed by atoms with Gasteiger partial charge in [0.2, 0.25) is 5.78 Å². The van der Waals surface area contributed by atoms with Gasteiger partial charge < -0.3 is 9.47 Å². The Balaban J connectivity index is 2.61. The number of nitrogens with zero attached hydrogens (tertiary/aromatic N) is 2. The molecule has 0 fully saturated rings. The van der Waals surface area contributed by atoms with Crippen LogP contribution in [0.5, 0.6) is 5.75 Å². The van der Waals surface area contributed by atoms with Crippen molar-refractivity contribution in [2.24, 2.45) is 7.05 Å². The average Bonchev–Trinajstić information content (AvgIpc) is 2.57. The highest BCUT2D eigenvalue weighted by Gasteiger charge is 2.28. The van der Waals surface area contributed by atoms with Crippen molar-refractivity contribution in [3.63, 3.8) is 0 Å². The molecule has 0 saturated heterocycles. The minimum absolute atomic E-state index is 0.0784. The van der Waals surface area contributed by atoms with E-state index in [4.69, 9.17) is 4.74 Å². The van der Waals surface area contributed by atoms with Crippen LogP contribution >= 0.6 is 0 Å². The number of aryl methyl sites for hydroxylation is 1. The molecule has 5 nitrogen and oxygen atoms in total. The number of carbonyl (C=O) groups is 1. The second-order valence-electron chi connectivity index (χ2n) is 3.22. The molecule has 1 aromatic heterocycles. The fraction of sp³-hybridized carbons (Fsp3) is 0.556. The van der Waals surface area contributed by atoms with Crippen LogP contribution in [0.25, 0.3) is 0 Å². The van der Waals surface area contributed by atoms with Gasteiger partial charge in [-0.3, -0.25) is 9.48 Å². The molecule has 1 rings (SSSR count). The number of alkyl halides is 3. The van der Waals surface area contributed by atoms with E-state index in [1.165, 1.54) is 25.0 Å². The van der Waals surface area contributed by atoms with Crippen LogP contribution in [0.2, 0.25) is 0 Å². The lowest BCUT2D eigenvalue weighted by atomic mass is 10.3. The van der Waals surface area contributed by atoms with Gasteiger partial charge in [0.05, 0.1) is 13.3 Å². The molecule has 0 aliphatic heterocycles. The fourth-order valence-corrected chi connectivity index (χ4v) is 1.21. The predicted octanol–water partition coefficient (Wildman–Crippen LogP) is 1.19. The lowest BCUT2D eigenvalue weighted by molar-refractivity contribution is -0.170. The van der Waals surface area contributed by atoms with Gasteiger partial charge in [-0.15, -0.1) is 0 Å². The van der Waals surface area contributed by atoms with Crippen molar-refractivity contribution >= 4 is 5.78 Å². The maximum absolute atomic E-state index is 11.8. The monoisotopic (exact) mass is 252 g/mol. The molecule has 0 N–H and O–H groups in total. The van der Waals surface area contributed by atoms with Crippen molar-refractivity contribution in [2.75, 3.05) is 20.3 Å². The summed E-state index contributed by atoms with van der Waals surface area (Å²) in [5.74, 6) is -0.417. The Labute approximate surface area is 95.1 Å². The van der Waals surface area contributed by atoms with Gasteiger partial charge in [0.25, 0.3) is 0 Å². The summed E-state index contributed by atoms with van der Waals surface area (Å²) >= 11 is 0. The van der Waals surface area contributed by atoms with Crippen LogP contribution in [0.4, 0.5) is 13.2 Å². The number of hydrogen-bond donors (Lipinski definition) is 0. The van der Waals surface area contributed by atoms with E-state index in [1.54, 1.807) is 0 Å². The van der Waals surface area contributed by atoms with Crippen molar-refractivity contribution in [3.8, 4) is 5.75 Å². The van der Waals surface area contributed by atoms with E-state index in [2.05, 4.69) is 9.84 Å². The first-order chi connectivity index (χ1) is 7.85. The Hall–Kier alpha value is -1.57. The van der Waals surface area contributed by atoms with Gasteiger partial charge in [-0.05, 0) is 0 Å². The average molecular weight is 252 g/mol. The highest BCUT2D eigenvalue weighted by atomic mass is 19.4. The van der Waals surface area contributed by atoms with Crippen molar-refractivity contribution < 1.29 is 27.4 Å². The SMILES string of the molecule is COc1cnn(C)c1C(=O)COCC(F)(F)F. The van der Waals surface area contributed by atoms with E-state index in [1.807, 2.05) is 0 Å². The number of carbonyl (C=O) groups excluding carboxylic acids is 1. The minimum atomic E-state index is -4.45. The molecular weight excluding hydrogens is 241 g/mol. The Morgan fingerprint density at radius 2 is 2.18 bits per heavy atom. The zero-order valence-electron chi connectivity index (χ0n) is 9.24. The first kappa shape index (κ1) is 13.5. The van der Waals surface area contributed by atoms with Gasteiger partial charge in [0.15, 0.2) is 5.75 Å². The second kappa shape index (κ2) is 5.17. The molecule has 8 heteroatoms. The molecule has 0 aliphatic rings. The van der Waals surface area contributed by atoms with E-state index in [-0.39, 0.29) is 11.4 Å². The molecule has 0 aliphatic carbocycles. The van der Waals surface area contributed by atoms with Crippen LogP contribution in [0.3, 0.4) is 0 Å². The molecule has 96 valence electrons. The second-order valence-corrected chi connectivity index (χ2v) is 3.22. The highest BCUT2D eigenvalue weighted by Crippen LogP contribution is 2.18. The highest BCUT2D eigenvalue weighted by molar-refractivity contribution is 5.97. The van der Waals surface area contributed by atoms with Gasteiger partial charge in [-0.25, -0.2) is 0 Å². The van der Waals surface area contributed by atoms with Crippen LogP contribution < -0.4 is 4.74 Å². The molecule has 1 aromatic rings. The summed E-state index contributed by atoms with van der Waals surface area (Å²) in [4.78, 5) is 11.6. The van der Waals surface area contributed by atoms with Crippen LogP contribution in [0, 0.1) is 0 Å². The van der Waals surface area contributed by atoms with Gasteiger partial charge in [-0.2, -0.15) is 18.3 Å². The number of Topliss-reactive ketones (excluding diaryl/α,β-unsaturated/α-hetero) is 1.